The number of hydrogen-bond donors (Lipinski definition) is 0. The highest BCUT2D eigenvalue weighted by molar-refractivity contribution is 5.97. The summed E-state index contributed by atoms with van der Waals surface area (Å²) in [5.41, 5.74) is 2.85. The zero-order valence-corrected chi connectivity index (χ0v) is 21.2. The van der Waals surface area contributed by atoms with Crippen molar-refractivity contribution in [3.8, 4) is 23.0 Å². The second-order valence-corrected chi connectivity index (χ2v) is 10.1. The van der Waals surface area contributed by atoms with Gasteiger partial charge in [-0.2, -0.15) is 0 Å². The summed E-state index contributed by atoms with van der Waals surface area (Å²) >= 11 is 0. The van der Waals surface area contributed by atoms with E-state index in [4.69, 9.17) is 14.2 Å². The first-order valence-corrected chi connectivity index (χ1v) is 12.7. The maximum atomic E-state index is 13.2. The smallest absolute Gasteiger partial charge is 0.340 e. The number of carbonyl (C=O) groups excluding carboxylic acids is 1. The topological polar surface area (TPSA) is 48.0 Å². The Balaban J connectivity index is 1.49. The lowest BCUT2D eigenvalue weighted by atomic mass is 9.77. The maximum Gasteiger partial charge on any atom is 0.340 e. The molecule has 0 bridgehead atoms. The maximum absolute atomic E-state index is 13.2. The first-order valence-electron chi connectivity index (χ1n) is 12.7. The van der Waals surface area contributed by atoms with Gasteiger partial charge in [-0.25, -0.2) is 4.79 Å². The summed E-state index contributed by atoms with van der Waals surface area (Å²) in [6.07, 6.45) is 1.09. The van der Waals surface area contributed by atoms with Gasteiger partial charge in [0.15, 0.2) is 5.60 Å². The summed E-state index contributed by atoms with van der Waals surface area (Å²) in [7, 11) is 2.09. The second kappa shape index (κ2) is 9.00. The van der Waals surface area contributed by atoms with E-state index >= 15 is 0 Å². The Kier molecular flexibility index (Phi) is 5.64. The molecule has 1 spiro atoms. The summed E-state index contributed by atoms with van der Waals surface area (Å²) in [6.45, 7) is 5.40. The summed E-state index contributed by atoms with van der Waals surface area (Å²) in [6, 6.07) is 29.0. The molecule has 37 heavy (non-hydrogen) atoms. The van der Waals surface area contributed by atoms with Crippen LogP contribution in [0.15, 0.2) is 91.0 Å². The highest BCUT2D eigenvalue weighted by Crippen LogP contribution is 2.57. The molecule has 6 rings (SSSR count). The molecule has 0 amide bonds. The zero-order valence-electron chi connectivity index (χ0n) is 21.2. The number of fused-ring (bicyclic) bond motifs is 6. The van der Waals surface area contributed by atoms with E-state index in [0.717, 1.165) is 41.1 Å². The molecule has 0 aromatic heterocycles. The number of benzene rings is 4. The number of rotatable bonds is 6. The first-order chi connectivity index (χ1) is 18.0. The first kappa shape index (κ1) is 23.2. The number of ether oxygens (including phenoxy) is 3. The average molecular weight is 492 g/mol. The molecule has 0 fully saturated rings. The third-order valence-corrected chi connectivity index (χ3v) is 7.13. The van der Waals surface area contributed by atoms with Crippen molar-refractivity contribution < 1.29 is 19.0 Å². The lowest BCUT2D eigenvalue weighted by Crippen LogP contribution is -2.33. The normalized spacial score (nSPS) is 17.0. The molecule has 0 N–H and O–H groups in total. The minimum absolute atomic E-state index is 0.345. The largest absolute Gasteiger partial charge is 0.457 e. The van der Waals surface area contributed by atoms with Crippen molar-refractivity contribution in [2.45, 2.75) is 25.9 Å². The quantitative estimate of drug-likeness (QED) is 0.261. The predicted octanol–water partition coefficient (Wildman–Crippen LogP) is 7.53. The Morgan fingerprint density at radius 3 is 2.41 bits per heavy atom. The van der Waals surface area contributed by atoms with E-state index in [1.54, 1.807) is 0 Å². The van der Waals surface area contributed by atoms with E-state index in [0.29, 0.717) is 28.7 Å². The Morgan fingerprint density at radius 2 is 1.59 bits per heavy atom. The molecular formula is C32H29NO4. The van der Waals surface area contributed by atoms with Crippen molar-refractivity contribution in [2.75, 3.05) is 18.5 Å². The molecule has 0 saturated carbocycles. The highest BCUT2D eigenvalue weighted by atomic mass is 16.6. The molecule has 2 heterocycles. The van der Waals surface area contributed by atoms with E-state index in [2.05, 4.69) is 31.9 Å². The lowest BCUT2D eigenvalue weighted by Gasteiger charge is -2.37. The van der Waals surface area contributed by atoms with Crippen molar-refractivity contribution in [3.63, 3.8) is 0 Å². The monoisotopic (exact) mass is 491 g/mol. The summed E-state index contributed by atoms with van der Waals surface area (Å²) in [5, 5.41) is 0. The molecule has 2 aliphatic rings. The fourth-order valence-corrected chi connectivity index (χ4v) is 5.15. The van der Waals surface area contributed by atoms with Gasteiger partial charge in [-0.15, -0.1) is 0 Å². The van der Waals surface area contributed by atoms with Gasteiger partial charge < -0.3 is 19.1 Å². The van der Waals surface area contributed by atoms with Gasteiger partial charge in [-0.1, -0.05) is 50.2 Å². The van der Waals surface area contributed by atoms with Crippen molar-refractivity contribution in [3.05, 3.63) is 113 Å². The van der Waals surface area contributed by atoms with Crippen LogP contribution >= 0.6 is 0 Å². The van der Waals surface area contributed by atoms with Gasteiger partial charge in [0.1, 0.15) is 23.0 Å². The standard InChI is InChI=1S/C32H29NO4/c1-21(2)17-18-33(3)22-13-15-27-30(19-22)36-29-16-14-24(35-23-9-5-4-6-10-23)20-28(29)32(27)26-12-8-7-11-25(26)31(34)37-32/h4-16,19-21H,17-18H2,1-3H3. The number of anilines is 1. The summed E-state index contributed by atoms with van der Waals surface area (Å²) in [4.78, 5) is 15.4. The van der Waals surface area contributed by atoms with Crippen molar-refractivity contribution >= 4 is 11.7 Å². The van der Waals surface area contributed by atoms with E-state index < -0.39 is 5.60 Å². The Hall–Kier alpha value is -4.25. The van der Waals surface area contributed by atoms with E-state index in [-0.39, 0.29) is 5.97 Å². The van der Waals surface area contributed by atoms with E-state index in [1.807, 2.05) is 84.9 Å². The third kappa shape index (κ3) is 3.91. The zero-order chi connectivity index (χ0) is 25.6. The molecule has 0 aliphatic carbocycles. The van der Waals surface area contributed by atoms with Gasteiger partial charge >= 0.3 is 5.97 Å². The second-order valence-electron chi connectivity index (χ2n) is 10.1. The fraction of sp³-hybridized carbons (Fsp3) is 0.219. The van der Waals surface area contributed by atoms with Crippen LogP contribution in [0.1, 0.15) is 47.3 Å². The number of nitrogens with zero attached hydrogens (tertiary/aromatic N) is 1. The molecule has 4 aromatic rings. The molecule has 186 valence electrons. The Morgan fingerprint density at radius 1 is 0.811 bits per heavy atom. The van der Waals surface area contributed by atoms with Gasteiger partial charge in [0.25, 0.3) is 0 Å². The molecule has 2 aliphatic heterocycles. The van der Waals surface area contributed by atoms with Crippen LogP contribution in [-0.2, 0) is 10.3 Å². The van der Waals surface area contributed by atoms with Crippen LogP contribution in [0.4, 0.5) is 5.69 Å². The Bertz CT molecular complexity index is 1480. The Labute approximate surface area is 217 Å². The van der Waals surface area contributed by atoms with Crippen LogP contribution in [-0.4, -0.2) is 19.6 Å². The van der Waals surface area contributed by atoms with Gasteiger partial charge in [0.2, 0.25) is 0 Å². The fourth-order valence-electron chi connectivity index (χ4n) is 5.15. The van der Waals surface area contributed by atoms with Crippen LogP contribution < -0.4 is 14.4 Å². The van der Waals surface area contributed by atoms with Crippen LogP contribution in [0.25, 0.3) is 0 Å². The summed E-state index contributed by atoms with van der Waals surface area (Å²) in [5.74, 6) is 2.96. The van der Waals surface area contributed by atoms with Gasteiger partial charge in [0, 0.05) is 36.5 Å². The SMILES string of the molecule is CC(C)CCN(C)c1ccc2c(c1)Oc1ccc(Oc3ccccc3)cc1C21OC(=O)c2ccccc21. The van der Waals surface area contributed by atoms with Crippen LogP contribution in [0.2, 0.25) is 0 Å². The number of esters is 1. The third-order valence-electron chi connectivity index (χ3n) is 7.13. The molecule has 1 atom stereocenters. The number of hydrogen-bond acceptors (Lipinski definition) is 5. The summed E-state index contributed by atoms with van der Waals surface area (Å²) < 4.78 is 18.9. The minimum atomic E-state index is -1.12. The van der Waals surface area contributed by atoms with E-state index in [1.165, 1.54) is 0 Å². The van der Waals surface area contributed by atoms with Crippen molar-refractivity contribution in [1.82, 2.24) is 0 Å². The van der Waals surface area contributed by atoms with Crippen LogP contribution in [0.3, 0.4) is 0 Å². The van der Waals surface area contributed by atoms with Crippen molar-refractivity contribution in [1.29, 1.82) is 0 Å². The van der Waals surface area contributed by atoms with Gasteiger partial charge in [-0.05, 0) is 60.9 Å². The number of para-hydroxylation sites is 1. The molecular weight excluding hydrogens is 462 g/mol. The number of carbonyl (C=O) groups is 1. The molecule has 0 radical (unpaired) electrons. The molecule has 1 unspecified atom stereocenters. The molecule has 0 saturated heterocycles. The lowest BCUT2D eigenvalue weighted by molar-refractivity contribution is 0.0224. The highest BCUT2D eigenvalue weighted by Gasteiger charge is 2.53. The minimum Gasteiger partial charge on any atom is -0.457 e. The van der Waals surface area contributed by atoms with Crippen LogP contribution in [0, 0.1) is 5.92 Å². The van der Waals surface area contributed by atoms with Gasteiger partial charge in [0.05, 0.1) is 11.1 Å². The molecule has 5 heteroatoms. The van der Waals surface area contributed by atoms with Crippen molar-refractivity contribution in [2.24, 2.45) is 5.92 Å². The predicted molar refractivity (Wildman–Crippen MR) is 144 cm³/mol. The van der Waals surface area contributed by atoms with E-state index in [9.17, 15) is 4.79 Å². The molecule has 5 nitrogen and oxygen atoms in total. The average Bonchev–Trinajstić information content (AvgIpc) is 3.21. The molecule has 4 aromatic carbocycles. The van der Waals surface area contributed by atoms with Crippen LogP contribution in [0.5, 0.6) is 23.0 Å². The van der Waals surface area contributed by atoms with Gasteiger partial charge in [-0.3, -0.25) is 0 Å².